The molecule has 0 amide bonds. The molecule has 0 aromatic heterocycles. The summed E-state index contributed by atoms with van der Waals surface area (Å²) in [6, 6.07) is 7.42. The largest absolute Gasteiger partial charge is 0.389 e. The van der Waals surface area contributed by atoms with Gasteiger partial charge in [-0.2, -0.15) is 0 Å². The SMILES string of the molecule is [2H]C([2H])([2H])[N+](C)(C)C([2H])([2H])C(c1ccc(C)cc1)C1(O)CCCCC1. The van der Waals surface area contributed by atoms with E-state index in [1.165, 1.54) is 14.1 Å². The van der Waals surface area contributed by atoms with Crippen molar-refractivity contribution in [1.82, 2.24) is 0 Å². The fraction of sp³-hybridized carbons (Fsp3) is 0.667. The van der Waals surface area contributed by atoms with E-state index in [2.05, 4.69) is 0 Å². The minimum atomic E-state index is -2.53. The average molecular weight is 281 g/mol. The van der Waals surface area contributed by atoms with Gasteiger partial charge in [0.25, 0.3) is 0 Å². The lowest BCUT2D eigenvalue weighted by Crippen LogP contribution is -2.48. The molecule has 1 aromatic carbocycles. The summed E-state index contributed by atoms with van der Waals surface area (Å²) in [5.41, 5.74) is 0.469. The number of likely N-dealkylation sites (N-methyl/N-ethyl adjacent to an activating group) is 1. The highest BCUT2D eigenvalue weighted by atomic mass is 16.3. The Bertz CT molecular complexity index is 588. The van der Waals surface area contributed by atoms with Crippen LogP contribution in [0.15, 0.2) is 24.3 Å². The molecule has 1 aromatic rings. The second-order valence-electron chi connectivity index (χ2n) is 6.59. The topological polar surface area (TPSA) is 20.2 Å². The van der Waals surface area contributed by atoms with Crippen LogP contribution in [0.4, 0.5) is 0 Å². The van der Waals surface area contributed by atoms with Gasteiger partial charge in [-0.25, -0.2) is 0 Å². The second-order valence-corrected chi connectivity index (χ2v) is 6.59. The summed E-state index contributed by atoms with van der Waals surface area (Å²) in [5.74, 6) is -0.906. The number of aliphatic hydroxyl groups is 1. The van der Waals surface area contributed by atoms with E-state index >= 15 is 0 Å². The van der Waals surface area contributed by atoms with Crippen LogP contribution in [0.2, 0.25) is 0 Å². The van der Waals surface area contributed by atoms with Gasteiger partial charge in [-0.05, 0) is 25.3 Å². The molecule has 0 bridgehead atoms. The molecule has 0 saturated heterocycles. The standard InChI is InChI=1S/C18H30NO/c1-15-8-10-16(11-9-15)17(14-19(2,3)4)18(20)12-6-5-7-13-18/h8-11,17,20H,5-7,12-14H2,1-4H3/q+1/i2D3,14D2. The maximum absolute atomic E-state index is 11.4. The Balaban J connectivity index is 2.60. The summed E-state index contributed by atoms with van der Waals surface area (Å²) in [5, 5.41) is 11.4. The molecule has 1 fully saturated rings. The summed E-state index contributed by atoms with van der Waals surface area (Å²) in [6.07, 6.45) is 3.66. The Labute approximate surface area is 131 Å². The number of aryl methyl sites for hydroxylation is 1. The summed E-state index contributed by atoms with van der Waals surface area (Å²) >= 11 is 0. The molecule has 0 radical (unpaired) electrons. The van der Waals surface area contributed by atoms with Crippen molar-refractivity contribution < 1.29 is 16.4 Å². The quantitative estimate of drug-likeness (QED) is 0.838. The van der Waals surface area contributed by atoms with Crippen LogP contribution in [-0.2, 0) is 0 Å². The molecule has 2 heteroatoms. The van der Waals surface area contributed by atoms with E-state index in [0.717, 1.165) is 24.8 Å². The smallest absolute Gasteiger partial charge is 0.0932 e. The lowest BCUT2D eigenvalue weighted by Gasteiger charge is -2.42. The fourth-order valence-electron chi connectivity index (χ4n) is 3.04. The van der Waals surface area contributed by atoms with Crippen molar-refractivity contribution in [2.24, 2.45) is 0 Å². The maximum atomic E-state index is 11.4. The van der Waals surface area contributed by atoms with Crippen molar-refractivity contribution in [1.29, 1.82) is 0 Å². The average Bonchev–Trinajstić information content (AvgIpc) is 2.48. The first-order valence-electron chi connectivity index (χ1n) is 9.96. The molecular weight excluding hydrogens is 246 g/mol. The number of hydrogen-bond donors (Lipinski definition) is 1. The minimum Gasteiger partial charge on any atom is -0.389 e. The van der Waals surface area contributed by atoms with E-state index in [1.807, 2.05) is 31.2 Å². The van der Waals surface area contributed by atoms with E-state index in [-0.39, 0.29) is 0 Å². The van der Waals surface area contributed by atoms with Crippen LogP contribution in [-0.4, -0.2) is 42.8 Å². The molecule has 112 valence electrons. The van der Waals surface area contributed by atoms with E-state index in [0.29, 0.717) is 18.4 Å². The van der Waals surface area contributed by atoms with Gasteiger partial charge in [-0.15, -0.1) is 0 Å². The molecule has 1 aliphatic rings. The minimum absolute atomic E-state index is 0.492. The van der Waals surface area contributed by atoms with Crippen LogP contribution in [0.3, 0.4) is 0 Å². The molecule has 20 heavy (non-hydrogen) atoms. The Morgan fingerprint density at radius 2 is 1.85 bits per heavy atom. The summed E-state index contributed by atoms with van der Waals surface area (Å²) < 4.78 is 40.3. The first-order valence-corrected chi connectivity index (χ1v) is 7.46. The third kappa shape index (κ3) is 3.83. The molecule has 2 nitrogen and oxygen atoms in total. The highest BCUT2D eigenvalue weighted by Crippen LogP contribution is 2.40. The Hall–Kier alpha value is -0.860. The zero-order valence-corrected chi connectivity index (χ0v) is 12.8. The van der Waals surface area contributed by atoms with Crippen molar-refractivity contribution in [2.45, 2.75) is 50.5 Å². The molecule has 0 spiro atoms. The van der Waals surface area contributed by atoms with Crippen LogP contribution in [0.25, 0.3) is 0 Å². The lowest BCUT2D eigenvalue weighted by molar-refractivity contribution is -0.872. The molecular formula is C18H30NO+. The zero-order chi connectivity index (χ0) is 19.1. The monoisotopic (exact) mass is 281 g/mol. The summed E-state index contributed by atoms with van der Waals surface area (Å²) in [7, 11) is 2.78. The highest BCUT2D eigenvalue weighted by Gasteiger charge is 2.41. The molecule has 2 rings (SSSR count). The van der Waals surface area contributed by atoms with E-state index < -0.39 is 29.5 Å². The van der Waals surface area contributed by atoms with Gasteiger partial charge in [-0.3, -0.25) is 0 Å². The molecule has 1 atom stereocenters. The molecule has 1 saturated carbocycles. The number of benzene rings is 1. The normalized spacial score (nSPS) is 25.7. The Morgan fingerprint density at radius 3 is 2.40 bits per heavy atom. The fourth-order valence-corrected chi connectivity index (χ4v) is 3.04. The molecule has 0 aliphatic heterocycles. The van der Waals surface area contributed by atoms with Crippen molar-refractivity contribution in [3.8, 4) is 0 Å². The number of rotatable bonds is 4. The number of quaternary nitrogens is 1. The van der Waals surface area contributed by atoms with Crippen LogP contribution < -0.4 is 0 Å². The van der Waals surface area contributed by atoms with Gasteiger partial charge < -0.3 is 9.59 Å². The van der Waals surface area contributed by atoms with Crippen molar-refractivity contribution >= 4 is 0 Å². The highest BCUT2D eigenvalue weighted by molar-refractivity contribution is 5.27. The van der Waals surface area contributed by atoms with Crippen LogP contribution in [0, 0.1) is 6.92 Å². The molecule has 1 unspecified atom stereocenters. The van der Waals surface area contributed by atoms with Crippen LogP contribution in [0.1, 0.15) is 56.0 Å². The van der Waals surface area contributed by atoms with Gasteiger partial charge in [0.15, 0.2) is 0 Å². The predicted molar refractivity (Wildman–Crippen MR) is 84.9 cm³/mol. The first-order chi connectivity index (χ1) is 11.3. The lowest BCUT2D eigenvalue weighted by atomic mass is 9.72. The van der Waals surface area contributed by atoms with Crippen molar-refractivity contribution in [3.05, 3.63) is 35.4 Å². The van der Waals surface area contributed by atoms with Gasteiger partial charge in [0, 0.05) is 0 Å². The Kier molecular flexibility index (Phi) is 2.92. The van der Waals surface area contributed by atoms with Crippen LogP contribution in [0.5, 0.6) is 0 Å². The molecule has 1 N–H and O–H groups in total. The number of nitrogens with zero attached hydrogens (tertiary/aromatic N) is 1. The third-order valence-corrected chi connectivity index (χ3v) is 4.12. The molecule has 0 heterocycles. The van der Waals surface area contributed by atoms with Gasteiger partial charge in [0.2, 0.25) is 0 Å². The van der Waals surface area contributed by atoms with Crippen molar-refractivity contribution in [2.75, 3.05) is 27.6 Å². The van der Waals surface area contributed by atoms with E-state index in [9.17, 15) is 5.11 Å². The second kappa shape index (κ2) is 5.87. The zero-order valence-electron chi connectivity index (χ0n) is 17.8. The van der Waals surface area contributed by atoms with Gasteiger partial charge in [-0.1, -0.05) is 49.1 Å². The Morgan fingerprint density at radius 1 is 1.25 bits per heavy atom. The summed E-state index contributed by atoms with van der Waals surface area (Å²) in [4.78, 5) is 0. The first kappa shape index (κ1) is 9.97. The van der Waals surface area contributed by atoms with Crippen LogP contribution >= 0.6 is 0 Å². The number of hydrogen-bond acceptors (Lipinski definition) is 1. The van der Waals surface area contributed by atoms with Gasteiger partial charge in [0.1, 0.15) is 0 Å². The predicted octanol–water partition coefficient (Wildman–Crippen LogP) is 3.48. The van der Waals surface area contributed by atoms with E-state index in [4.69, 9.17) is 6.85 Å². The van der Waals surface area contributed by atoms with Crippen molar-refractivity contribution in [3.63, 3.8) is 0 Å². The van der Waals surface area contributed by atoms with Gasteiger partial charge in [0.05, 0.1) is 45.9 Å². The molecule has 1 aliphatic carbocycles. The van der Waals surface area contributed by atoms with E-state index in [1.54, 1.807) is 0 Å². The van der Waals surface area contributed by atoms with Gasteiger partial charge >= 0.3 is 0 Å². The summed E-state index contributed by atoms with van der Waals surface area (Å²) in [6.45, 7) is -2.74. The maximum Gasteiger partial charge on any atom is 0.0932 e. The third-order valence-electron chi connectivity index (χ3n) is 4.12.